The zero-order valence-corrected chi connectivity index (χ0v) is 14.6. The van der Waals surface area contributed by atoms with Gasteiger partial charge in [-0.25, -0.2) is 0 Å². The van der Waals surface area contributed by atoms with Crippen LogP contribution in [0.1, 0.15) is 65.2 Å². The van der Waals surface area contributed by atoms with Crippen molar-refractivity contribution in [3.8, 4) is 0 Å². The fourth-order valence-electron chi connectivity index (χ4n) is 7.02. The minimum Gasteiger partial charge on any atom is -0.392 e. The van der Waals surface area contributed by atoms with Crippen LogP contribution in [0, 0.1) is 34.5 Å². The van der Waals surface area contributed by atoms with Gasteiger partial charge in [-0.1, -0.05) is 13.8 Å². The Morgan fingerprint density at radius 2 is 1.91 bits per heavy atom. The molecule has 4 aliphatic carbocycles. The number of hydrogen-bond donors (Lipinski definition) is 1. The van der Waals surface area contributed by atoms with Crippen LogP contribution in [0.25, 0.3) is 0 Å². The Balaban J connectivity index is 1.65. The van der Waals surface area contributed by atoms with Gasteiger partial charge >= 0.3 is 0 Å². The van der Waals surface area contributed by atoms with Gasteiger partial charge in [0, 0.05) is 11.8 Å². The van der Waals surface area contributed by atoms with E-state index in [4.69, 9.17) is 11.6 Å². The van der Waals surface area contributed by atoms with Gasteiger partial charge in [0.05, 0.1) is 11.5 Å². The molecule has 0 aromatic heterocycles. The highest BCUT2D eigenvalue weighted by atomic mass is 35.5. The van der Waals surface area contributed by atoms with Crippen molar-refractivity contribution in [1.82, 2.24) is 0 Å². The van der Waals surface area contributed by atoms with E-state index in [2.05, 4.69) is 13.8 Å². The van der Waals surface area contributed by atoms with E-state index in [1.54, 1.807) is 0 Å². The van der Waals surface area contributed by atoms with Crippen molar-refractivity contribution < 1.29 is 9.90 Å². The lowest BCUT2D eigenvalue weighted by atomic mass is 9.45. The second-order valence-electron chi connectivity index (χ2n) is 9.10. The molecule has 0 unspecified atom stereocenters. The lowest BCUT2D eigenvalue weighted by molar-refractivity contribution is -0.143. The Bertz CT molecular complexity index is 492. The lowest BCUT2D eigenvalue weighted by Gasteiger charge is -2.60. The molecule has 0 aromatic carbocycles. The number of hydrogen-bond acceptors (Lipinski definition) is 2. The van der Waals surface area contributed by atoms with Crippen LogP contribution >= 0.6 is 11.6 Å². The molecule has 0 amide bonds. The number of aliphatic hydroxyl groups excluding tert-OH is 1. The third-order valence-electron chi connectivity index (χ3n) is 8.35. The van der Waals surface area contributed by atoms with E-state index in [1.165, 1.54) is 19.3 Å². The van der Waals surface area contributed by atoms with Crippen LogP contribution in [0.15, 0.2) is 0 Å². The summed E-state index contributed by atoms with van der Waals surface area (Å²) in [5.41, 5.74) is 0.202. The molecular formula is C19H29ClO2. The van der Waals surface area contributed by atoms with Crippen molar-refractivity contribution in [3.63, 3.8) is 0 Å². The highest BCUT2D eigenvalue weighted by Gasteiger charge is 2.60. The Kier molecular flexibility index (Phi) is 3.48. The topological polar surface area (TPSA) is 37.3 Å². The third-order valence-corrected chi connectivity index (χ3v) is 8.82. The monoisotopic (exact) mass is 324 g/mol. The largest absolute Gasteiger partial charge is 0.392 e. The highest BCUT2D eigenvalue weighted by Crippen LogP contribution is 2.65. The van der Waals surface area contributed by atoms with Crippen molar-refractivity contribution in [1.29, 1.82) is 0 Å². The van der Waals surface area contributed by atoms with Crippen molar-refractivity contribution in [2.24, 2.45) is 34.5 Å². The van der Waals surface area contributed by atoms with Crippen LogP contribution in [-0.4, -0.2) is 22.4 Å². The van der Waals surface area contributed by atoms with Gasteiger partial charge in [0.1, 0.15) is 5.78 Å². The molecule has 2 nitrogen and oxygen atoms in total. The zero-order chi connectivity index (χ0) is 15.7. The quantitative estimate of drug-likeness (QED) is 0.679. The number of aliphatic hydroxyl groups is 1. The summed E-state index contributed by atoms with van der Waals surface area (Å²) in [6, 6.07) is 0. The molecule has 0 aromatic rings. The van der Waals surface area contributed by atoms with Crippen LogP contribution in [-0.2, 0) is 4.79 Å². The molecule has 4 saturated carbocycles. The average molecular weight is 325 g/mol. The number of fused-ring (bicyclic) bond motifs is 5. The fraction of sp³-hybridized carbons (Fsp3) is 0.947. The molecule has 124 valence electrons. The molecule has 4 aliphatic rings. The molecule has 8 atom stereocenters. The number of carbonyl (C=O) groups is 1. The number of ketones is 1. The molecule has 1 N–H and O–H groups in total. The second-order valence-corrected chi connectivity index (χ2v) is 9.66. The van der Waals surface area contributed by atoms with Gasteiger partial charge in [-0.3, -0.25) is 4.79 Å². The van der Waals surface area contributed by atoms with E-state index in [0.717, 1.165) is 32.1 Å². The maximum Gasteiger partial charge on any atom is 0.139 e. The summed E-state index contributed by atoms with van der Waals surface area (Å²) in [4.78, 5) is 12.4. The predicted octanol–water partition coefficient (Wildman–Crippen LogP) is 4.18. The first-order chi connectivity index (χ1) is 10.4. The molecule has 0 heterocycles. The molecule has 3 heteroatoms. The van der Waals surface area contributed by atoms with Gasteiger partial charge in [-0.05, 0) is 74.0 Å². The summed E-state index contributed by atoms with van der Waals surface area (Å²) in [5, 5.41) is 10.3. The first-order valence-electron chi connectivity index (χ1n) is 9.21. The fourth-order valence-corrected chi connectivity index (χ4v) is 7.32. The van der Waals surface area contributed by atoms with E-state index < -0.39 is 0 Å². The number of Topliss-reactive ketones (excluding diaryl/α,β-unsaturated/α-hetero) is 1. The number of alkyl halides is 1. The summed E-state index contributed by atoms with van der Waals surface area (Å²) < 4.78 is 0. The summed E-state index contributed by atoms with van der Waals surface area (Å²) in [6.07, 6.45) is 8.17. The van der Waals surface area contributed by atoms with Crippen LogP contribution < -0.4 is 0 Å². The Hall–Kier alpha value is -0.0800. The minimum absolute atomic E-state index is 0.0351. The lowest BCUT2D eigenvalue weighted by Crippen LogP contribution is -2.56. The zero-order valence-electron chi connectivity index (χ0n) is 13.9. The van der Waals surface area contributed by atoms with Crippen LogP contribution in [0.2, 0.25) is 0 Å². The predicted molar refractivity (Wildman–Crippen MR) is 87.8 cm³/mol. The second kappa shape index (κ2) is 4.96. The standard InChI is InChI=1S/C19H29ClO2/c1-18-8-7-14-12(13(18)5-6-17(18)22)4-3-11-9-15(20)16(21)10-19(11,14)2/h11-16,21H,3-10H2,1-2H3/t11-,12-,13-,14-,15-,16-,18-,19-/m0/s1. The smallest absolute Gasteiger partial charge is 0.139 e. The molecule has 0 radical (unpaired) electrons. The van der Waals surface area contributed by atoms with Crippen molar-refractivity contribution in [2.45, 2.75) is 76.7 Å². The molecule has 22 heavy (non-hydrogen) atoms. The number of carbonyl (C=O) groups excluding carboxylic acids is 1. The first-order valence-corrected chi connectivity index (χ1v) is 9.65. The van der Waals surface area contributed by atoms with E-state index >= 15 is 0 Å². The Morgan fingerprint density at radius 3 is 2.68 bits per heavy atom. The molecule has 0 bridgehead atoms. The highest BCUT2D eigenvalue weighted by molar-refractivity contribution is 6.21. The van der Waals surface area contributed by atoms with Gasteiger partial charge < -0.3 is 5.11 Å². The van der Waals surface area contributed by atoms with Crippen LogP contribution in [0.5, 0.6) is 0 Å². The first kappa shape index (κ1) is 15.4. The molecule has 4 rings (SSSR count). The minimum atomic E-state index is -0.347. The van der Waals surface area contributed by atoms with E-state index in [9.17, 15) is 9.90 Å². The molecule has 4 fully saturated rings. The van der Waals surface area contributed by atoms with Crippen LogP contribution in [0.3, 0.4) is 0 Å². The third kappa shape index (κ3) is 1.92. The normalized spacial score (nSPS) is 57.9. The maximum absolute atomic E-state index is 12.4. The van der Waals surface area contributed by atoms with E-state index in [-0.39, 0.29) is 22.3 Å². The van der Waals surface area contributed by atoms with Gasteiger partial charge in [0.2, 0.25) is 0 Å². The van der Waals surface area contributed by atoms with E-state index in [0.29, 0.717) is 29.5 Å². The SMILES string of the molecule is C[C@]12C[C@H](O)[C@@H](Cl)C[C@@H]1CC[C@@H]1[C@@H]2CC[C@]2(C)C(=O)CC[C@@H]12. The Morgan fingerprint density at radius 1 is 1.14 bits per heavy atom. The Labute approximate surface area is 139 Å². The van der Waals surface area contributed by atoms with Gasteiger partial charge in [-0.15, -0.1) is 11.6 Å². The number of rotatable bonds is 0. The van der Waals surface area contributed by atoms with Gasteiger partial charge in [0.15, 0.2) is 0 Å². The summed E-state index contributed by atoms with van der Waals surface area (Å²) in [5.74, 6) is 3.18. The van der Waals surface area contributed by atoms with Crippen LogP contribution in [0.4, 0.5) is 0 Å². The van der Waals surface area contributed by atoms with Crippen molar-refractivity contribution in [3.05, 3.63) is 0 Å². The van der Waals surface area contributed by atoms with Gasteiger partial charge in [-0.2, -0.15) is 0 Å². The molecule has 0 aliphatic heterocycles. The average Bonchev–Trinajstić information content (AvgIpc) is 2.77. The summed E-state index contributed by atoms with van der Waals surface area (Å²) >= 11 is 6.36. The maximum atomic E-state index is 12.4. The molecular weight excluding hydrogens is 296 g/mol. The van der Waals surface area contributed by atoms with E-state index in [1.807, 2.05) is 0 Å². The summed E-state index contributed by atoms with van der Waals surface area (Å²) in [7, 11) is 0. The molecule has 0 saturated heterocycles. The summed E-state index contributed by atoms with van der Waals surface area (Å²) in [6.45, 7) is 4.65. The van der Waals surface area contributed by atoms with Crippen molar-refractivity contribution >= 4 is 17.4 Å². The molecule has 0 spiro atoms. The van der Waals surface area contributed by atoms with Gasteiger partial charge in [0.25, 0.3) is 0 Å². The van der Waals surface area contributed by atoms with Crippen molar-refractivity contribution in [2.75, 3.05) is 0 Å². The number of halogens is 1.